The second-order valence-corrected chi connectivity index (χ2v) is 5.40. The number of aliphatic carboxylic acids is 1. The maximum absolute atomic E-state index is 12.3. The van der Waals surface area contributed by atoms with Crippen molar-refractivity contribution in [3.05, 3.63) is 59.7 Å². The molecule has 0 unspecified atom stereocenters. The Balaban J connectivity index is 2.08. The molecule has 0 amide bonds. The van der Waals surface area contributed by atoms with Crippen LogP contribution in [0.5, 0.6) is 17.2 Å². The molecule has 2 aromatic carbocycles. The molecule has 0 radical (unpaired) electrons. The molecule has 6 nitrogen and oxygen atoms in total. The lowest BCUT2D eigenvalue weighted by atomic mass is 10.2. The van der Waals surface area contributed by atoms with E-state index in [9.17, 15) is 22.8 Å². The number of hydrogen-bond acceptors (Lipinski definition) is 5. The average molecular weight is 396 g/mol. The van der Waals surface area contributed by atoms with Crippen LogP contribution in [0.15, 0.2) is 48.5 Å². The molecule has 0 atom stereocenters. The number of carboxylic acids is 1. The van der Waals surface area contributed by atoms with E-state index in [2.05, 4.69) is 4.74 Å². The number of hydrogen-bond donors (Lipinski definition) is 1. The van der Waals surface area contributed by atoms with E-state index in [1.165, 1.54) is 43.5 Å². The summed E-state index contributed by atoms with van der Waals surface area (Å²) in [6.07, 6.45) is -2.16. The lowest BCUT2D eigenvalue weighted by molar-refractivity contribution is -0.153. The zero-order valence-electron chi connectivity index (χ0n) is 14.5. The molecule has 0 fully saturated rings. The minimum Gasteiger partial charge on any atom is -0.493 e. The minimum atomic E-state index is -4.51. The second-order valence-electron chi connectivity index (χ2n) is 5.40. The number of alkyl halides is 3. The maximum Gasteiger partial charge on any atom is 0.422 e. The summed E-state index contributed by atoms with van der Waals surface area (Å²) >= 11 is 0. The Morgan fingerprint density at radius 2 is 1.75 bits per heavy atom. The SMILES string of the molecule is COc1cc(C(=O)Oc2ccc(C=CC(=O)O)cc2)ccc1OCC(F)(F)F. The van der Waals surface area contributed by atoms with Crippen LogP contribution in [0.3, 0.4) is 0 Å². The molecule has 0 aliphatic carbocycles. The number of ether oxygens (including phenoxy) is 3. The van der Waals surface area contributed by atoms with E-state index in [0.717, 1.165) is 6.08 Å². The van der Waals surface area contributed by atoms with Gasteiger partial charge in [-0.1, -0.05) is 12.1 Å². The van der Waals surface area contributed by atoms with Gasteiger partial charge in [-0.2, -0.15) is 13.2 Å². The largest absolute Gasteiger partial charge is 0.493 e. The highest BCUT2D eigenvalue weighted by Gasteiger charge is 2.29. The molecule has 1 N–H and O–H groups in total. The maximum atomic E-state index is 12.3. The first-order valence-electron chi connectivity index (χ1n) is 7.79. The summed E-state index contributed by atoms with van der Waals surface area (Å²) in [4.78, 5) is 22.7. The zero-order chi connectivity index (χ0) is 20.7. The summed E-state index contributed by atoms with van der Waals surface area (Å²) in [6.45, 7) is -1.49. The van der Waals surface area contributed by atoms with E-state index in [-0.39, 0.29) is 22.8 Å². The summed E-state index contributed by atoms with van der Waals surface area (Å²) in [5, 5.41) is 8.58. The highest BCUT2D eigenvalue weighted by Crippen LogP contribution is 2.30. The van der Waals surface area contributed by atoms with Crippen LogP contribution < -0.4 is 14.2 Å². The van der Waals surface area contributed by atoms with Crippen molar-refractivity contribution in [3.63, 3.8) is 0 Å². The third kappa shape index (κ3) is 6.35. The Hall–Kier alpha value is -3.49. The first kappa shape index (κ1) is 20.8. The van der Waals surface area contributed by atoms with Crippen LogP contribution in [-0.4, -0.2) is 36.9 Å². The summed E-state index contributed by atoms with van der Waals surface area (Å²) in [5.41, 5.74) is 0.640. The number of benzene rings is 2. The fourth-order valence-electron chi connectivity index (χ4n) is 2.05. The van der Waals surface area contributed by atoms with E-state index in [0.29, 0.717) is 5.56 Å². The Morgan fingerprint density at radius 3 is 2.32 bits per heavy atom. The Labute approximate surface area is 157 Å². The summed E-state index contributed by atoms with van der Waals surface area (Å²) in [7, 11) is 1.23. The van der Waals surface area contributed by atoms with Crippen molar-refractivity contribution in [2.75, 3.05) is 13.7 Å². The van der Waals surface area contributed by atoms with Crippen LogP contribution >= 0.6 is 0 Å². The molecule has 2 rings (SSSR count). The Kier molecular flexibility index (Phi) is 6.64. The van der Waals surface area contributed by atoms with Gasteiger partial charge in [-0.3, -0.25) is 0 Å². The first-order valence-corrected chi connectivity index (χ1v) is 7.79. The number of rotatable bonds is 7. The molecule has 0 heterocycles. The molecule has 0 aliphatic heterocycles. The number of carboxylic acid groups (broad SMARTS) is 1. The monoisotopic (exact) mass is 396 g/mol. The lowest BCUT2D eigenvalue weighted by Crippen LogP contribution is -2.19. The van der Waals surface area contributed by atoms with Crippen molar-refractivity contribution in [3.8, 4) is 17.2 Å². The van der Waals surface area contributed by atoms with Gasteiger partial charge in [0.2, 0.25) is 0 Å². The molecule has 9 heteroatoms. The molecule has 0 bridgehead atoms. The van der Waals surface area contributed by atoms with Crippen LogP contribution in [0, 0.1) is 0 Å². The van der Waals surface area contributed by atoms with Crippen LogP contribution in [0.4, 0.5) is 13.2 Å². The zero-order valence-corrected chi connectivity index (χ0v) is 14.5. The van der Waals surface area contributed by atoms with Gasteiger partial charge in [0.25, 0.3) is 0 Å². The summed E-state index contributed by atoms with van der Waals surface area (Å²) in [5.74, 6) is -1.85. The van der Waals surface area contributed by atoms with Gasteiger partial charge in [-0.05, 0) is 42.0 Å². The number of carbonyl (C=O) groups is 2. The molecule has 148 valence electrons. The van der Waals surface area contributed by atoms with Crippen molar-refractivity contribution in [2.24, 2.45) is 0 Å². The van der Waals surface area contributed by atoms with Crippen molar-refractivity contribution in [2.45, 2.75) is 6.18 Å². The second kappa shape index (κ2) is 8.94. The third-order valence-corrected chi connectivity index (χ3v) is 3.30. The predicted molar refractivity (Wildman–Crippen MR) is 92.6 cm³/mol. The summed E-state index contributed by atoms with van der Waals surface area (Å²) in [6, 6.07) is 9.68. The van der Waals surface area contributed by atoms with Gasteiger partial charge >= 0.3 is 18.1 Å². The molecular weight excluding hydrogens is 381 g/mol. The molecule has 28 heavy (non-hydrogen) atoms. The summed E-state index contributed by atoms with van der Waals surface area (Å²) < 4.78 is 51.6. The lowest BCUT2D eigenvalue weighted by Gasteiger charge is -2.13. The predicted octanol–water partition coefficient (Wildman–Crippen LogP) is 3.95. The molecule has 0 saturated heterocycles. The highest BCUT2D eigenvalue weighted by molar-refractivity contribution is 5.92. The van der Waals surface area contributed by atoms with Crippen molar-refractivity contribution >= 4 is 18.0 Å². The highest BCUT2D eigenvalue weighted by atomic mass is 19.4. The van der Waals surface area contributed by atoms with E-state index < -0.39 is 24.7 Å². The fourth-order valence-corrected chi connectivity index (χ4v) is 2.05. The van der Waals surface area contributed by atoms with Gasteiger partial charge in [0.05, 0.1) is 12.7 Å². The van der Waals surface area contributed by atoms with E-state index in [1.807, 2.05) is 0 Å². The minimum absolute atomic E-state index is 0.0473. The van der Waals surface area contributed by atoms with Crippen LogP contribution in [0.2, 0.25) is 0 Å². The van der Waals surface area contributed by atoms with Gasteiger partial charge in [-0.25, -0.2) is 9.59 Å². The molecule has 2 aromatic rings. The van der Waals surface area contributed by atoms with Crippen LogP contribution in [0.25, 0.3) is 6.08 Å². The van der Waals surface area contributed by atoms with Gasteiger partial charge in [-0.15, -0.1) is 0 Å². The van der Waals surface area contributed by atoms with Crippen molar-refractivity contribution in [1.29, 1.82) is 0 Å². The van der Waals surface area contributed by atoms with E-state index in [4.69, 9.17) is 14.6 Å². The molecule has 0 aromatic heterocycles. The molecule has 0 aliphatic rings. The van der Waals surface area contributed by atoms with E-state index >= 15 is 0 Å². The Morgan fingerprint density at radius 1 is 1.07 bits per heavy atom. The third-order valence-electron chi connectivity index (χ3n) is 3.30. The van der Waals surface area contributed by atoms with Crippen molar-refractivity contribution < 1.29 is 42.1 Å². The van der Waals surface area contributed by atoms with Gasteiger partial charge < -0.3 is 19.3 Å². The van der Waals surface area contributed by atoms with Gasteiger partial charge in [0, 0.05) is 6.08 Å². The average Bonchev–Trinajstić information content (AvgIpc) is 2.65. The number of methoxy groups -OCH3 is 1. The number of carbonyl (C=O) groups excluding carboxylic acids is 1. The standard InChI is InChI=1S/C19H15F3O6/c1-26-16-10-13(5-8-15(16)27-11-19(20,21)22)18(25)28-14-6-2-12(3-7-14)4-9-17(23)24/h2-10H,11H2,1H3,(H,23,24). The van der Waals surface area contributed by atoms with Crippen LogP contribution in [-0.2, 0) is 4.79 Å². The Bertz CT molecular complexity index is 872. The fraction of sp³-hybridized carbons (Fsp3) is 0.158. The molecular formula is C19H15F3O6. The van der Waals surface area contributed by atoms with Gasteiger partial charge in [0.1, 0.15) is 5.75 Å². The quantitative estimate of drug-likeness (QED) is 0.434. The van der Waals surface area contributed by atoms with Crippen LogP contribution in [0.1, 0.15) is 15.9 Å². The van der Waals surface area contributed by atoms with E-state index in [1.54, 1.807) is 12.1 Å². The normalized spacial score (nSPS) is 11.3. The first-order chi connectivity index (χ1) is 13.2. The number of esters is 1. The van der Waals surface area contributed by atoms with Gasteiger partial charge in [0.15, 0.2) is 18.1 Å². The topological polar surface area (TPSA) is 82.1 Å². The van der Waals surface area contributed by atoms with Crippen molar-refractivity contribution in [1.82, 2.24) is 0 Å². The smallest absolute Gasteiger partial charge is 0.422 e. The molecule has 0 spiro atoms. The molecule has 0 saturated carbocycles. The number of halogens is 3.